The first-order valence-corrected chi connectivity index (χ1v) is 6.11. The Morgan fingerprint density at radius 3 is 3.25 bits per heavy atom. The van der Waals surface area contributed by atoms with Gasteiger partial charge in [0, 0.05) is 32.1 Å². The minimum Gasteiger partial charge on any atom is -0.381 e. The van der Waals surface area contributed by atoms with Gasteiger partial charge in [0.05, 0.1) is 11.6 Å². The van der Waals surface area contributed by atoms with Crippen LogP contribution >= 0.6 is 11.6 Å². The van der Waals surface area contributed by atoms with Gasteiger partial charge in [-0.15, -0.1) is 0 Å². The van der Waals surface area contributed by atoms with Crippen molar-refractivity contribution in [2.24, 2.45) is 5.92 Å². The lowest BCUT2D eigenvalue weighted by Gasteiger charge is -2.22. The molecule has 1 aliphatic heterocycles. The fraction of sp³-hybridized carbons (Fsp3) is 0.583. The first-order valence-electron chi connectivity index (χ1n) is 5.73. The molecule has 0 aliphatic carbocycles. The number of nitrogens with zero attached hydrogens (tertiary/aromatic N) is 1. The predicted molar refractivity (Wildman–Crippen MR) is 64.5 cm³/mol. The lowest BCUT2D eigenvalue weighted by Crippen LogP contribution is -2.28. The van der Waals surface area contributed by atoms with Gasteiger partial charge in [0.1, 0.15) is 0 Å². The summed E-state index contributed by atoms with van der Waals surface area (Å²) in [6, 6.07) is 1.95. The summed E-state index contributed by atoms with van der Waals surface area (Å²) in [5, 5.41) is 4.15. The molecule has 0 spiro atoms. The van der Waals surface area contributed by atoms with Gasteiger partial charge in [-0.1, -0.05) is 11.6 Å². The van der Waals surface area contributed by atoms with Gasteiger partial charge in [-0.2, -0.15) is 0 Å². The summed E-state index contributed by atoms with van der Waals surface area (Å²) >= 11 is 6.02. The number of aromatic nitrogens is 1. The SMILES string of the molecule is Clc1cnccc1CNCC1CCCOC1. The van der Waals surface area contributed by atoms with Gasteiger partial charge in [0.2, 0.25) is 0 Å². The molecule has 1 N–H and O–H groups in total. The van der Waals surface area contributed by atoms with E-state index in [4.69, 9.17) is 16.3 Å². The molecule has 1 aliphatic rings. The van der Waals surface area contributed by atoms with Crippen LogP contribution in [0, 0.1) is 5.92 Å². The third-order valence-electron chi connectivity index (χ3n) is 2.86. The highest BCUT2D eigenvalue weighted by atomic mass is 35.5. The largest absolute Gasteiger partial charge is 0.381 e. The van der Waals surface area contributed by atoms with Gasteiger partial charge in [-0.3, -0.25) is 4.98 Å². The van der Waals surface area contributed by atoms with E-state index in [-0.39, 0.29) is 0 Å². The van der Waals surface area contributed by atoms with Crippen molar-refractivity contribution in [3.63, 3.8) is 0 Å². The maximum Gasteiger partial charge on any atom is 0.0634 e. The van der Waals surface area contributed by atoms with Crippen LogP contribution in [0.1, 0.15) is 18.4 Å². The standard InChI is InChI=1S/C12H17ClN2O/c13-12-8-14-4-3-11(12)7-15-6-10-2-1-5-16-9-10/h3-4,8,10,15H,1-2,5-7,9H2. The van der Waals surface area contributed by atoms with E-state index in [1.807, 2.05) is 6.07 Å². The Balaban J connectivity index is 1.73. The number of rotatable bonds is 4. The Labute approximate surface area is 101 Å². The second-order valence-electron chi connectivity index (χ2n) is 4.18. The minimum atomic E-state index is 0.648. The van der Waals surface area contributed by atoms with Crippen molar-refractivity contribution in [1.29, 1.82) is 0 Å². The quantitative estimate of drug-likeness (QED) is 0.877. The topological polar surface area (TPSA) is 34.2 Å². The number of hydrogen-bond acceptors (Lipinski definition) is 3. The normalized spacial score (nSPS) is 20.9. The van der Waals surface area contributed by atoms with Crippen LogP contribution in [0.4, 0.5) is 0 Å². The van der Waals surface area contributed by atoms with Gasteiger partial charge >= 0.3 is 0 Å². The van der Waals surface area contributed by atoms with E-state index in [2.05, 4.69) is 10.3 Å². The fourth-order valence-electron chi connectivity index (χ4n) is 1.93. The molecule has 0 aromatic carbocycles. The zero-order valence-electron chi connectivity index (χ0n) is 9.29. The molecule has 0 amide bonds. The number of ether oxygens (including phenoxy) is 1. The summed E-state index contributed by atoms with van der Waals surface area (Å²) in [7, 11) is 0. The Morgan fingerprint density at radius 2 is 2.50 bits per heavy atom. The molecule has 0 bridgehead atoms. The van der Waals surface area contributed by atoms with Crippen LogP contribution in [0.3, 0.4) is 0 Å². The summed E-state index contributed by atoms with van der Waals surface area (Å²) in [4.78, 5) is 3.96. The highest BCUT2D eigenvalue weighted by Gasteiger charge is 2.13. The molecule has 16 heavy (non-hydrogen) atoms. The monoisotopic (exact) mass is 240 g/mol. The van der Waals surface area contributed by atoms with Gasteiger partial charge in [0.25, 0.3) is 0 Å². The van der Waals surface area contributed by atoms with Crippen molar-refractivity contribution in [3.05, 3.63) is 29.0 Å². The molecule has 2 rings (SSSR count). The average molecular weight is 241 g/mol. The maximum atomic E-state index is 6.02. The Hall–Kier alpha value is -0.640. The predicted octanol–water partition coefficient (Wildman–Crippen LogP) is 2.25. The van der Waals surface area contributed by atoms with Crippen molar-refractivity contribution < 1.29 is 4.74 Å². The number of halogens is 1. The van der Waals surface area contributed by atoms with Crippen molar-refractivity contribution in [1.82, 2.24) is 10.3 Å². The molecule has 2 heterocycles. The molecule has 4 heteroatoms. The van der Waals surface area contributed by atoms with E-state index in [0.29, 0.717) is 5.92 Å². The molecule has 0 radical (unpaired) electrons. The first kappa shape index (κ1) is 11.8. The van der Waals surface area contributed by atoms with E-state index in [1.54, 1.807) is 12.4 Å². The van der Waals surface area contributed by atoms with Gasteiger partial charge < -0.3 is 10.1 Å². The first-order chi connectivity index (χ1) is 7.86. The third-order valence-corrected chi connectivity index (χ3v) is 3.20. The zero-order chi connectivity index (χ0) is 11.2. The van der Waals surface area contributed by atoms with E-state index in [0.717, 1.165) is 36.9 Å². The molecule has 1 atom stereocenters. The molecule has 0 saturated carbocycles. The van der Waals surface area contributed by atoms with E-state index >= 15 is 0 Å². The second kappa shape index (κ2) is 6.18. The van der Waals surface area contributed by atoms with Crippen molar-refractivity contribution in [2.45, 2.75) is 19.4 Å². The molecule has 3 nitrogen and oxygen atoms in total. The number of pyridine rings is 1. The van der Waals surface area contributed by atoms with Crippen molar-refractivity contribution in [2.75, 3.05) is 19.8 Å². The van der Waals surface area contributed by atoms with Crippen molar-refractivity contribution in [3.8, 4) is 0 Å². The Bertz CT molecular complexity index is 327. The summed E-state index contributed by atoms with van der Waals surface area (Å²) in [6.45, 7) is 3.61. The van der Waals surface area contributed by atoms with Crippen LogP contribution in [-0.4, -0.2) is 24.7 Å². The Morgan fingerprint density at radius 1 is 1.56 bits per heavy atom. The number of hydrogen-bond donors (Lipinski definition) is 1. The summed E-state index contributed by atoms with van der Waals surface area (Å²) in [6.07, 6.45) is 5.90. The smallest absolute Gasteiger partial charge is 0.0634 e. The van der Waals surface area contributed by atoms with Gasteiger partial charge in [0.15, 0.2) is 0 Å². The van der Waals surface area contributed by atoms with Crippen LogP contribution in [0.5, 0.6) is 0 Å². The summed E-state index contributed by atoms with van der Waals surface area (Å²) < 4.78 is 5.43. The molecule has 1 saturated heterocycles. The molecule has 1 fully saturated rings. The van der Waals surface area contributed by atoms with E-state index in [9.17, 15) is 0 Å². The van der Waals surface area contributed by atoms with Gasteiger partial charge in [-0.05, 0) is 30.4 Å². The lowest BCUT2D eigenvalue weighted by atomic mass is 10.0. The van der Waals surface area contributed by atoms with Crippen LogP contribution in [0.25, 0.3) is 0 Å². The molecule has 1 unspecified atom stereocenters. The molecule has 88 valence electrons. The fourth-order valence-corrected chi connectivity index (χ4v) is 2.11. The zero-order valence-corrected chi connectivity index (χ0v) is 10.0. The van der Waals surface area contributed by atoms with Crippen molar-refractivity contribution >= 4 is 11.6 Å². The van der Waals surface area contributed by atoms with Crippen LogP contribution in [0.15, 0.2) is 18.5 Å². The van der Waals surface area contributed by atoms with E-state index in [1.165, 1.54) is 12.8 Å². The summed E-state index contributed by atoms with van der Waals surface area (Å²) in [5.74, 6) is 0.648. The summed E-state index contributed by atoms with van der Waals surface area (Å²) in [5.41, 5.74) is 1.10. The van der Waals surface area contributed by atoms with Crippen LogP contribution in [0.2, 0.25) is 5.02 Å². The van der Waals surface area contributed by atoms with Crippen LogP contribution < -0.4 is 5.32 Å². The lowest BCUT2D eigenvalue weighted by molar-refractivity contribution is 0.0547. The second-order valence-corrected chi connectivity index (χ2v) is 4.59. The number of nitrogens with one attached hydrogen (secondary N) is 1. The van der Waals surface area contributed by atoms with E-state index < -0.39 is 0 Å². The Kier molecular flexibility index (Phi) is 4.57. The molecule has 1 aromatic rings. The third kappa shape index (κ3) is 3.44. The average Bonchev–Trinajstić information content (AvgIpc) is 2.33. The highest BCUT2D eigenvalue weighted by Crippen LogP contribution is 2.14. The van der Waals surface area contributed by atoms with Crippen LogP contribution in [-0.2, 0) is 11.3 Å². The van der Waals surface area contributed by atoms with Gasteiger partial charge in [-0.25, -0.2) is 0 Å². The highest BCUT2D eigenvalue weighted by molar-refractivity contribution is 6.31. The molecular weight excluding hydrogens is 224 g/mol. The molecular formula is C12H17ClN2O. The maximum absolute atomic E-state index is 6.02. The molecule has 1 aromatic heterocycles. The minimum absolute atomic E-state index is 0.648.